The summed E-state index contributed by atoms with van der Waals surface area (Å²) >= 11 is 0. The van der Waals surface area contributed by atoms with Crippen LogP contribution in [0.1, 0.15) is 5.56 Å². The average molecular weight is 286 g/mol. The molecule has 0 bridgehead atoms. The van der Waals surface area contributed by atoms with Gasteiger partial charge in [0.1, 0.15) is 0 Å². The van der Waals surface area contributed by atoms with Crippen molar-refractivity contribution in [3.05, 3.63) is 64.2 Å². The summed E-state index contributed by atoms with van der Waals surface area (Å²) in [5.41, 5.74) is 1.05. The van der Waals surface area contributed by atoms with Gasteiger partial charge >= 0.3 is 5.69 Å². The topological polar surface area (TPSA) is 81.5 Å². The van der Waals surface area contributed by atoms with E-state index in [4.69, 9.17) is 4.74 Å². The summed E-state index contributed by atoms with van der Waals surface area (Å²) < 4.78 is 4.91. The van der Waals surface area contributed by atoms with Crippen LogP contribution < -0.4 is 10.1 Å². The van der Waals surface area contributed by atoms with Gasteiger partial charge in [0.15, 0.2) is 5.75 Å². The first-order valence-electron chi connectivity index (χ1n) is 6.26. The SMILES string of the molecule is COc1ccc(NC(=O)Cc2ccccc2)cc1[N+](=O)[O-]. The van der Waals surface area contributed by atoms with Crippen molar-refractivity contribution in [3.63, 3.8) is 0 Å². The lowest BCUT2D eigenvalue weighted by Crippen LogP contribution is -2.14. The minimum atomic E-state index is -0.550. The van der Waals surface area contributed by atoms with Crippen LogP contribution in [-0.2, 0) is 11.2 Å². The largest absolute Gasteiger partial charge is 0.490 e. The second kappa shape index (κ2) is 6.51. The Morgan fingerprint density at radius 2 is 1.95 bits per heavy atom. The fourth-order valence-corrected chi connectivity index (χ4v) is 1.90. The van der Waals surface area contributed by atoms with Crippen LogP contribution >= 0.6 is 0 Å². The lowest BCUT2D eigenvalue weighted by molar-refractivity contribution is -0.385. The molecule has 2 rings (SSSR count). The third-order valence-electron chi connectivity index (χ3n) is 2.87. The quantitative estimate of drug-likeness (QED) is 0.677. The highest BCUT2D eigenvalue weighted by atomic mass is 16.6. The first-order valence-corrected chi connectivity index (χ1v) is 6.26. The van der Waals surface area contributed by atoms with Gasteiger partial charge in [-0.2, -0.15) is 0 Å². The van der Waals surface area contributed by atoms with Crippen LogP contribution in [0.25, 0.3) is 0 Å². The van der Waals surface area contributed by atoms with Gasteiger partial charge < -0.3 is 10.1 Å². The monoisotopic (exact) mass is 286 g/mol. The van der Waals surface area contributed by atoms with Crippen LogP contribution in [0, 0.1) is 10.1 Å². The van der Waals surface area contributed by atoms with Crippen molar-refractivity contribution in [2.45, 2.75) is 6.42 Å². The normalized spacial score (nSPS) is 9.95. The second-order valence-electron chi connectivity index (χ2n) is 4.35. The van der Waals surface area contributed by atoms with E-state index in [2.05, 4.69) is 5.32 Å². The maximum Gasteiger partial charge on any atom is 0.312 e. The molecule has 0 aliphatic heterocycles. The third kappa shape index (κ3) is 3.79. The van der Waals surface area contributed by atoms with E-state index >= 15 is 0 Å². The van der Waals surface area contributed by atoms with Gasteiger partial charge in [-0.05, 0) is 17.7 Å². The van der Waals surface area contributed by atoms with Crippen molar-refractivity contribution < 1.29 is 14.5 Å². The molecule has 0 aliphatic rings. The van der Waals surface area contributed by atoms with Crippen molar-refractivity contribution in [3.8, 4) is 5.75 Å². The van der Waals surface area contributed by atoms with E-state index in [9.17, 15) is 14.9 Å². The zero-order valence-electron chi connectivity index (χ0n) is 11.4. The first kappa shape index (κ1) is 14.5. The third-order valence-corrected chi connectivity index (χ3v) is 2.87. The molecule has 0 spiro atoms. The molecule has 0 saturated carbocycles. The lowest BCUT2D eigenvalue weighted by Gasteiger charge is -2.07. The van der Waals surface area contributed by atoms with Crippen LogP contribution in [0.15, 0.2) is 48.5 Å². The Hall–Kier alpha value is -2.89. The molecule has 0 aliphatic carbocycles. The molecule has 2 aromatic carbocycles. The summed E-state index contributed by atoms with van der Waals surface area (Å²) in [4.78, 5) is 22.3. The van der Waals surface area contributed by atoms with Crippen molar-refractivity contribution in [2.75, 3.05) is 12.4 Å². The van der Waals surface area contributed by atoms with Gasteiger partial charge in [-0.3, -0.25) is 14.9 Å². The highest BCUT2D eigenvalue weighted by Gasteiger charge is 2.16. The van der Waals surface area contributed by atoms with Gasteiger partial charge in [0, 0.05) is 11.8 Å². The molecule has 0 radical (unpaired) electrons. The molecule has 0 aromatic heterocycles. The summed E-state index contributed by atoms with van der Waals surface area (Å²) in [6.45, 7) is 0. The number of benzene rings is 2. The molecule has 6 nitrogen and oxygen atoms in total. The van der Waals surface area contributed by atoms with Crippen LogP contribution in [0.2, 0.25) is 0 Å². The van der Waals surface area contributed by atoms with Gasteiger partial charge in [-0.15, -0.1) is 0 Å². The lowest BCUT2D eigenvalue weighted by atomic mass is 10.1. The Balaban J connectivity index is 2.11. The van der Waals surface area contributed by atoms with Crippen LogP contribution in [-0.4, -0.2) is 17.9 Å². The van der Waals surface area contributed by atoms with Crippen molar-refractivity contribution >= 4 is 17.3 Å². The number of amides is 1. The van der Waals surface area contributed by atoms with Crippen LogP contribution in [0.4, 0.5) is 11.4 Å². The molecule has 0 saturated heterocycles. The highest BCUT2D eigenvalue weighted by Crippen LogP contribution is 2.29. The first-order chi connectivity index (χ1) is 10.1. The van der Waals surface area contributed by atoms with Gasteiger partial charge in [0.2, 0.25) is 5.91 Å². The van der Waals surface area contributed by atoms with Gasteiger partial charge in [0.05, 0.1) is 18.5 Å². The van der Waals surface area contributed by atoms with E-state index in [1.54, 1.807) is 6.07 Å². The van der Waals surface area contributed by atoms with Crippen LogP contribution in [0.3, 0.4) is 0 Å². The van der Waals surface area contributed by atoms with E-state index in [-0.39, 0.29) is 23.8 Å². The zero-order valence-corrected chi connectivity index (χ0v) is 11.4. The fourth-order valence-electron chi connectivity index (χ4n) is 1.90. The van der Waals surface area contributed by atoms with E-state index < -0.39 is 4.92 Å². The molecule has 2 aromatic rings. The minimum Gasteiger partial charge on any atom is -0.490 e. The summed E-state index contributed by atoms with van der Waals surface area (Å²) in [6, 6.07) is 13.6. The molecular weight excluding hydrogens is 272 g/mol. The molecule has 0 fully saturated rings. The van der Waals surface area contributed by atoms with Crippen molar-refractivity contribution in [2.24, 2.45) is 0 Å². The fraction of sp³-hybridized carbons (Fsp3) is 0.133. The Morgan fingerprint density at radius 3 is 2.57 bits per heavy atom. The van der Waals surface area contributed by atoms with E-state index in [0.717, 1.165) is 5.56 Å². The number of methoxy groups -OCH3 is 1. The van der Waals surface area contributed by atoms with Crippen LogP contribution in [0.5, 0.6) is 5.75 Å². The summed E-state index contributed by atoms with van der Waals surface area (Å²) in [5.74, 6) is -0.0817. The van der Waals surface area contributed by atoms with Gasteiger partial charge in [-0.25, -0.2) is 0 Å². The number of nitro groups is 1. The number of carbonyl (C=O) groups is 1. The van der Waals surface area contributed by atoms with Gasteiger partial charge in [-0.1, -0.05) is 30.3 Å². The number of rotatable bonds is 5. The Labute approximate surface area is 121 Å². The number of nitrogens with one attached hydrogen (secondary N) is 1. The molecule has 1 N–H and O–H groups in total. The standard InChI is InChI=1S/C15H14N2O4/c1-21-14-8-7-12(10-13(14)17(19)20)16-15(18)9-11-5-3-2-4-6-11/h2-8,10H,9H2,1H3,(H,16,18). The number of hydrogen-bond acceptors (Lipinski definition) is 4. The Kier molecular flexibility index (Phi) is 4.50. The molecule has 0 atom stereocenters. The smallest absolute Gasteiger partial charge is 0.312 e. The maximum atomic E-state index is 11.9. The van der Waals surface area contributed by atoms with E-state index in [0.29, 0.717) is 5.69 Å². The van der Waals surface area contributed by atoms with E-state index in [1.807, 2.05) is 30.3 Å². The molecule has 6 heteroatoms. The maximum absolute atomic E-state index is 11.9. The van der Waals surface area contributed by atoms with Crippen molar-refractivity contribution in [1.29, 1.82) is 0 Å². The minimum absolute atomic E-state index is 0.154. The number of carbonyl (C=O) groups excluding carboxylic acids is 1. The number of anilines is 1. The molecule has 21 heavy (non-hydrogen) atoms. The molecular formula is C15H14N2O4. The summed E-state index contributed by atoms with van der Waals surface area (Å²) in [7, 11) is 1.36. The number of nitro benzene ring substituents is 1. The number of nitrogens with zero attached hydrogens (tertiary/aromatic N) is 1. The predicted octanol–water partition coefficient (Wildman–Crippen LogP) is 2.78. The Bertz CT molecular complexity index is 656. The predicted molar refractivity (Wildman–Crippen MR) is 78.4 cm³/mol. The van der Waals surface area contributed by atoms with Crippen molar-refractivity contribution in [1.82, 2.24) is 0 Å². The summed E-state index contributed by atoms with van der Waals surface area (Å²) in [6.07, 6.45) is 0.209. The van der Waals surface area contributed by atoms with E-state index in [1.165, 1.54) is 19.2 Å². The molecule has 0 unspecified atom stereocenters. The second-order valence-corrected chi connectivity index (χ2v) is 4.35. The highest BCUT2D eigenvalue weighted by molar-refractivity contribution is 5.92. The number of ether oxygens (including phenoxy) is 1. The Morgan fingerprint density at radius 1 is 1.24 bits per heavy atom. The summed E-state index contributed by atoms with van der Waals surface area (Å²) in [5, 5.41) is 13.6. The zero-order chi connectivity index (χ0) is 15.2. The average Bonchev–Trinajstić information content (AvgIpc) is 2.48. The molecule has 1 amide bonds. The molecule has 0 heterocycles. The van der Waals surface area contributed by atoms with Gasteiger partial charge in [0.25, 0.3) is 0 Å². The molecule has 108 valence electrons. The number of hydrogen-bond donors (Lipinski definition) is 1.